The van der Waals surface area contributed by atoms with E-state index in [0.717, 1.165) is 6.42 Å². The van der Waals surface area contributed by atoms with Gasteiger partial charge in [0.25, 0.3) is 0 Å². The maximum atomic E-state index is 2.24. The number of hydrogen-bond donors (Lipinski definition) is 0. The Morgan fingerprint density at radius 1 is 0.562 bits per heavy atom. The lowest BCUT2D eigenvalue weighted by molar-refractivity contribution is 1.03. The van der Waals surface area contributed by atoms with Crippen LogP contribution in [0.15, 0.2) is 0 Å². The average Bonchev–Trinajstić information content (AvgIpc) is 2.26. The predicted octanol–water partition coefficient (Wildman–Crippen LogP) is 5.21. The largest absolute Gasteiger partial charge is 0.0656 e. The highest BCUT2D eigenvalue weighted by molar-refractivity contribution is 5.49. The van der Waals surface area contributed by atoms with Gasteiger partial charge in [0.2, 0.25) is 0 Å². The molecule has 0 saturated carbocycles. The Morgan fingerprint density at radius 3 is 1.06 bits per heavy atom. The molecule has 0 unspecified atom stereocenters. The van der Waals surface area contributed by atoms with Crippen molar-refractivity contribution in [3.8, 4) is 0 Å². The van der Waals surface area contributed by atoms with Gasteiger partial charge in [-0.2, -0.15) is 0 Å². The minimum Gasteiger partial charge on any atom is -0.0656 e. The van der Waals surface area contributed by atoms with Crippen LogP contribution in [0, 0.1) is 34.6 Å². The molecule has 0 heteroatoms. The molecule has 0 N–H and O–H groups in total. The monoisotopic (exact) mass is 220 g/mol. The summed E-state index contributed by atoms with van der Waals surface area (Å²) in [4.78, 5) is 0. The Balaban J connectivity index is 0.000000673. The van der Waals surface area contributed by atoms with Crippen molar-refractivity contribution >= 4 is 0 Å². The Bertz CT molecular complexity index is 317. The van der Waals surface area contributed by atoms with Gasteiger partial charge < -0.3 is 0 Å². The standard InChI is InChI=1S/C13H20.C3H8/c1-7-13-11(5)9(3)8(2)10(4)12(13)6;1-3-2/h7H2,1-6H3;3H2,1-2H3. The SMILES string of the molecule is CCC.CCc1c(C)c(C)c(C)c(C)c1C. The molecule has 0 bridgehead atoms. The molecule has 1 aromatic carbocycles. The van der Waals surface area contributed by atoms with Crippen LogP contribution in [-0.4, -0.2) is 0 Å². The molecule has 1 rings (SSSR count). The van der Waals surface area contributed by atoms with Gasteiger partial charge in [0.1, 0.15) is 0 Å². The van der Waals surface area contributed by atoms with Crippen LogP contribution in [0.1, 0.15) is 60.6 Å². The maximum Gasteiger partial charge on any atom is -0.0302 e. The average molecular weight is 220 g/mol. The first kappa shape index (κ1) is 15.2. The van der Waals surface area contributed by atoms with Crippen molar-refractivity contribution in [2.75, 3.05) is 0 Å². The van der Waals surface area contributed by atoms with Crippen LogP contribution in [0.2, 0.25) is 0 Å². The van der Waals surface area contributed by atoms with Crippen molar-refractivity contribution in [3.63, 3.8) is 0 Å². The molecule has 0 aromatic heterocycles. The lowest BCUT2D eigenvalue weighted by atomic mass is 9.89. The van der Waals surface area contributed by atoms with E-state index in [1.165, 1.54) is 34.2 Å². The molecule has 1 aromatic rings. The molecule has 0 aliphatic heterocycles. The van der Waals surface area contributed by atoms with Crippen LogP contribution in [-0.2, 0) is 6.42 Å². The third kappa shape index (κ3) is 3.10. The zero-order valence-electron chi connectivity index (χ0n) is 12.4. The Labute approximate surface area is 102 Å². The third-order valence-electron chi connectivity index (χ3n) is 3.51. The Morgan fingerprint density at radius 2 is 0.812 bits per heavy atom. The van der Waals surface area contributed by atoms with E-state index in [9.17, 15) is 0 Å². The normalized spacial score (nSPS) is 9.75. The summed E-state index contributed by atoms with van der Waals surface area (Å²) in [5, 5.41) is 0. The quantitative estimate of drug-likeness (QED) is 0.609. The highest BCUT2D eigenvalue weighted by Gasteiger charge is 2.09. The molecular weight excluding hydrogens is 192 g/mol. The van der Waals surface area contributed by atoms with Crippen LogP contribution < -0.4 is 0 Å². The van der Waals surface area contributed by atoms with E-state index in [1.807, 2.05) is 0 Å². The summed E-state index contributed by atoms with van der Waals surface area (Å²) in [7, 11) is 0. The second kappa shape index (κ2) is 6.73. The number of hydrogen-bond acceptors (Lipinski definition) is 0. The van der Waals surface area contributed by atoms with Crippen molar-refractivity contribution in [2.45, 2.75) is 68.2 Å². The van der Waals surface area contributed by atoms with E-state index in [-0.39, 0.29) is 0 Å². The fourth-order valence-electron chi connectivity index (χ4n) is 2.11. The summed E-state index contributed by atoms with van der Waals surface area (Å²) < 4.78 is 0. The van der Waals surface area contributed by atoms with E-state index >= 15 is 0 Å². The molecule has 0 aliphatic rings. The second-order valence-electron chi connectivity index (χ2n) is 4.66. The Kier molecular flexibility index (Phi) is 6.40. The van der Waals surface area contributed by atoms with Crippen molar-refractivity contribution < 1.29 is 0 Å². The van der Waals surface area contributed by atoms with Crippen molar-refractivity contribution in [2.24, 2.45) is 0 Å². The molecule has 0 amide bonds. The molecule has 0 spiro atoms. The Hall–Kier alpha value is -0.780. The molecule has 0 atom stereocenters. The number of rotatable bonds is 1. The zero-order chi connectivity index (χ0) is 12.9. The summed E-state index contributed by atoms with van der Waals surface area (Å²) in [6, 6.07) is 0. The summed E-state index contributed by atoms with van der Waals surface area (Å²) in [6.45, 7) is 17.7. The van der Waals surface area contributed by atoms with Gasteiger partial charge in [-0.25, -0.2) is 0 Å². The van der Waals surface area contributed by atoms with Gasteiger partial charge in [-0.15, -0.1) is 0 Å². The smallest absolute Gasteiger partial charge is 0.0302 e. The lowest BCUT2D eigenvalue weighted by Crippen LogP contribution is -2.01. The van der Waals surface area contributed by atoms with Gasteiger partial charge in [-0.05, 0) is 74.4 Å². The molecular formula is C16H28. The topological polar surface area (TPSA) is 0 Å². The van der Waals surface area contributed by atoms with Gasteiger partial charge in [-0.1, -0.05) is 27.2 Å². The third-order valence-corrected chi connectivity index (χ3v) is 3.51. The number of benzene rings is 1. The minimum atomic E-state index is 1.15. The van der Waals surface area contributed by atoms with Crippen LogP contribution in [0.5, 0.6) is 0 Å². The van der Waals surface area contributed by atoms with Crippen molar-refractivity contribution in [1.29, 1.82) is 0 Å². The minimum absolute atomic E-state index is 1.15. The molecule has 0 radical (unpaired) electrons. The van der Waals surface area contributed by atoms with Gasteiger partial charge in [0.05, 0.1) is 0 Å². The van der Waals surface area contributed by atoms with E-state index in [4.69, 9.17) is 0 Å². The zero-order valence-corrected chi connectivity index (χ0v) is 12.4. The molecule has 0 aliphatic carbocycles. The molecule has 0 heterocycles. The van der Waals surface area contributed by atoms with Crippen LogP contribution >= 0.6 is 0 Å². The lowest BCUT2D eigenvalue weighted by Gasteiger charge is -2.17. The van der Waals surface area contributed by atoms with E-state index < -0.39 is 0 Å². The fraction of sp³-hybridized carbons (Fsp3) is 0.625. The highest BCUT2D eigenvalue weighted by Crippen LogP contribution is 2.25. The highest BCUT2D eigenvalue weighted by atomic mass is 14.1. The van der Waals surface area contributed by atoms with Crippen LogP contribution in [0.3, 0.4) is 0 Å². The van der Waals surface area contributed by atoms with Crippen molar-refractivity contribution in [1.82, 2.24) is 0 Å². The molecule has 16 heavy (non-hydrogen) atoms. The van der Waals surface area contributed by atoms with Gasteiger partial charge >= 0.3 is 0 Å². The van der Waals surface area contributed by atoms with E-state index in [2.05, 4.69) is 55.4 Å². The van der Waals surface area contributed by atoms with Crippen LogP contribution in [0.25, 0.3) is 0 Å². The molecule has 0 fully saturated rings. The second-order valence-corrected chi connectivity index (χ2v) is 4.66. The van der Waals surface area contributed by atoms with E-state index in [0.29, 0.717) is 0 Å². The first-order valence-electron chi connectivity index (χ1n) is 6.47. The first-order chi connectivity index (χ1) is 7.42. The van der Waals surface area contributed by atoms with Crippen LogP contribution in [0.4, 0.5) is 0 Å². The summed E-state index contributed by atoms with van der Waals surface area (Å²) in [5.74, 6) is 0. The molecule has 0 saturated heterocycles. The first-order valence-corrected chi connectivity index (χ1v) is 6.47. The predicted molar refractivity (Wildman–Crippen MR) is 75.5 cm³/mol. The summed E-state index contributed by atoms with van der Waals surface area (Å²) in [6.07, 6.45) is 2.40. The summed E-state index contributed by atoms with van der Waals surface area (Å²) in [5.41, 5.74) is 8.93. The molecule has 92 valence electrons. The van der Waals surface area contributed by atoms with Gasteiger partial charge in [0, 0.05) is 0 Å². The fourth-order valence-corrected chi connectivity index (χ4v) is 2.11. The maximum absolute atomic E-state index is 2.24. The van der Waals surface area contributed by atoms with Crippen molar-refractivity contribution in [3.05, 3.63) is 33.4 Å². The summed E-state index contributed by atoms with van der Waals surface area (Å²) >= 11 is 0. The van der Waals surface area contributed by atoms with Gasteiger partial charge in [-0.3, -0.25) is 0 Å². The molecule has 0 nitrogen and oxygen atoms in total. The van der Waals surface area contributed by atoms with E-state index in [1.54, 1.807) is 5.56 Å². The van der Waals surface area contributed by atoms with Gasteiger partial charge in [0.15, 0.2) is 0 Å².